The SMILES string of the molecule is C=C1C=c2c(ccn2-c2cc(C(C)C)cc(C(C)C)c2)=C(c2ccccc2)/C(=C(/C)CC/C(C)=C/C=c2/c(C(C)(C)C)cccc2=C)C1.CC(C)F.F. The second-order valence-corrected chi connectivity index (χ2v) is 16.5. The average molecular weight is 716 g/mol. The van der Waals surface area contributed by atoms with E-state index in [9.17, 15) is 4.39 Å². The third-order valence-electron chi connectivity index (χ3n) is 9.83. The number of hydrogen-bond donors (Lipinski definition) is 0. The number of allylic oxidation sites excluding steroid dienone is 5. The minimum atomic E-state index is -0.667. The molecule has 3 heteroatoms. The molecule has 0 atom stereocenters. The van der Waals surface area contributed by atoms with E-state index in [2.05, 4.69) is 177 Å². The van der Waals surface area contributed by atoms with Crippen molar-refractivity contribution in [1.82, 2.24) is 4.57 Å². The van der Waals surface area contributed by atoms with Gasteiger partial charge in [-0.15, -0.1) is 0 Å². The van der Waals surface area contributed by atoms with Crippen LogP contribution in [0.1, 0.15) is 130 Å². The zero-order chi connectivity index (χ0) is 38.3. The Morgan fingerprint density at radius 1 is 0.830 bits per heavy atom. The Morgan fingerprint density at radius 2 is 1.43 bits per heavy atom. The number of rotatable bonds is 8. The van der Waals surface area contributed by atoms with Gasteiger partial charge in [0.15, 0.2) is 0 Å². The first-order chi connectivity index (χ1) is 24.5. The van der Waals surface area contributed by atoms with E-state index < -0.39 is 6.17 Å². The number of alkyl halides is 1. The van der Waals surface area contributed by atoms with E-state index in [1.54, 1.807) is 0 Å². The number of benzene rings is 3. The van der Waals surface area contributed by atoms with Gasteiger partial charge in [-0.25, -0.2) is 4.39 Å². The van der Waals surface area contributed by atoms with Gasteiger partial charge in [-0.1, -0.05) is 140 Å². The zero-order valence-electron chi connectivity index (χ0n) is 34.2. The minimum absolute atomic E-state index is 0. The van der Waals surface area contributed by atoms with Gasteiger partial charge in [0.05, 0.1) is 11.5 Å². The van der Waals surface area contributed by atoms with Gasteiger partial charge < -0.3 is 4.57 Å². The summed E-state index contributed by atoms with van der Waals surface area (Å²) in [6.07, 6.45) is 11.3. The topological polar surface area (TPSA) is 4.93 Å². The summed E-state index contributed by atoms with van der Waals surface area (Å²) in [5, 5.41) is 4.81. The molecule has 0 bridgehead atoms. The summed E-state index contributed by atoms with van der Waals surface area (Å²) in [4.78, 5) is 0. The normalized spacial score (nSPS) is 14.8. The van der Waals surface area contributed by atoms with Crippen LogP contribution in [0.15, 0.2) is 114 Å². The predicted molar refractivity (Wildman–Crippen MR) is 229 cm³/mol. The number of nitrogens with zero attached hydrogens (tertiary/aromatic N) is 1. The monoisotopic (exact) mass is 715 g/mol. The summed E-state index contributed by atoms with van der Waals surface area (Å²) >= 11 is 0. The van der Waals surface area contributed by atoms with Crippen LogP contribution < -0.4 is 21.0 Å². The van der Waals surface area contributed by atoms with Gasteiger partial charge in [-0.05, 0) is 138 Å². The van der Waals surface area contributed by atoms with Gasteiger partial charge in [0.25, 0.3) is 0 Å². The van der Waals surface area contributed by atoms with Crippen LogP contribution in [0.5, 0.6) is 0 Å². The molecule has 1 heterocycles. The van der Waals surface area contributed by atoms with Crippen molar-refractivity contribution in [2.24, 2.45) is 0 Å². The zero-order valence-corrected chi connectivity index (χ0v) is 34.2. The van der Waals surface area contributed by atoms with Crippen LogP contribution in [-0.4, -0.2) is 10.7 Å². The quantitative estimate of drug-likeness (QED) is 0.171. The van der Waals surface area contributed by atoms with Crippen LogP contribution in [-0.2, 0) is 5.41 Å². The van der Waals surface area contributed by atoms with E-state index in [1.807, 2.05) is 0 Å². The smallest absolute Gasteiger partial charge is 0.0945 e. The maximum absolute atomic E-state index is 11.0. The van der Waals surface area contributed by atoms with Crippen molar-refractivity contribution in [3.05, 3.63) is 157 Å². The molecular formula is C50H63F2N. The molecule has 0 aliphatic heterocycles. The van der Waals surface area contributed by atoms with Crippen molar-refractivity contribution >= 4 is 24.3 Å². The Hall–Kier alpha value is -4.50. The van der Waals surface area contributed by atoms with E-state index in [0.717, 1.165) is 30.1 Å². The molecule has 1 aliphatic rings. The molecule has 5 rings (SSSR count). The molecule has 0 amide bonds. The number of aromatic nitrogens is 1. The second kappa shape index (κ2) is 18.5. The Morgan fingerprint density at radius 3 is 2.00 bits per heavy atom. The maximum Gasteiger partial charge on any atom is 0.0945 e. The molecule has 1 aromatic heterocycles. The fourth-order valence-corrected chi connectivity index (χ4v) is 6.82. The Balaban J connectivity index is 0.00000144. The molecule has 0 spiro atoms. The lowest BCUT2D eigenvalue weighted by Gasteiger charge is -2.20. The Kier molecular flexibility index (Phi) is 15.0. The summed E-state index contributed by atoms with van der Waals surface area (Å²) in [5.74, 6) is 0.923. The first-order valence-electron chi connectivity index (χ1n) is 19.1. The van der Waals surface area contributed by atoms with E-state index in [1.165, 1.54) is 79.9 Å². The summed E-state index contributed by atoms with van der Waals surface area (Å²) in [7, 11) is 0. The first kappa shape index (κ1) is 42.9. The molecule has 0 unspecified atom stereocenters. The van der Waals surface area contributed by atoms with Crippen molar-refractivity contribution in [3.8, 4) is 5.69 Å². The van der Waals surface area contributed by atoms with Gasteiger partial charge in [0.2, 0.25) is 0 Å². The molecule has 0 saturated heterocycles. The van der Waals surface area contributed by atoms with Crippen molar-refractivity contribution < 1.29 is 9.09 Å². The lowest BCUT2D eigenvalue weighted by atomic mass is 9.85. The van der Waals surface area contributed by atoms with Gasteiger partial charge in [0, 0.05) is 17.1 Å². The van der Waals surface area contributed by atoms with Crippen molar-refractivity contribution in [1.29, 1.82) is 0 Å². The van der Waals surface area contributed by atoms with Gasteiger partial charge in [0.1, 0.15) is 0 Å². The molecule has 282 valence electrons. The lowest BCUT2D eigenvalue weighted by molar-refractivity contribution is 0.391. The van der Waals surface area contributed by atoms with E-state index >= 15 is 0 Å². The lowest BCUT2D eigenvalue weighted by Crippen LogP contribution is -2.32. The largest absolute Gasteiger partial charge is 0.317 e. The van der Waals surface area contributed by atoms with E-state index in [-0.39, 0.29) is 10.1 Å². The van der Waals surface area contributed by atoms with E-state index in [0.29, 0.717) is 11.8 Å². The van der Waals surface area contributed by atoms with Gasteiger partial charge in [-0.3, -0.25) is 4.70 Å². The van der Waals surface area contributed by atoms with Gasteiger partial charge >= 0.3 is 0 Å². The second-order valence-electron chi connectivity index (χ2n) is 16.5. The molecule has 4 aromatic rings. The van der Waals surface area contributed by atoms with Crippen molar-refractivity contribution in [3.63, 3.8) is 0 Å². The molecule has 0 fully saturated rings. The van der Waals surface area contributed by atoms with E-state index in [4.69, 9.17) is 0 Å². The van der Waals surface area contributed by atoms with Crippen LogP contribution in [0.25, 0.3) is 30.0 Å². The summed E-state index contributed by atoms with van der Waals surface area (Å²) in [5.41, 5.74) is 13.3. The first-order valence-corrected chi connectivity index (χ1v) is 19.1. The van der Waals surface area contributed by atoms with Crippen LogP contribution >= 0.6 is 0 Å². The Labute approximate surface area is 318 Å². The summed E-state index contributed by atoms with van der Waals surface area (Å²) < 4.78 is 13.4. The minimum Gasteiger partial charge on any atom is -0.317 e. The highest BCUT2D eigenvalue weighted by Crippen LogP contribution is 2.32. The maximum atomic E-state index is 11.0. The van der Waals surface area contributed by atoms with Crippen LogP contribution in [0.3, 0.4) is 0 Å². The predicted octanol–water partition coefficient (Wildman–Crippen LogP) is 11.4. The molecule has 1 nitrogen and oxygen atoms in total. The summed E-state index contributed by atoms with van der Waals surface area (Å²) in [6.45, 7) is 32.5. The van der Waals surface area contributed by atoms with Crippen molar-refractivity contribution in [2.75, 3.05) is 0 Å². The average Bonchev–Trinajstić information content (AvgIpc) is 3.41. The fraction of sp³-hybridized carbons (Fsp3) is 0.360. The molecule has 1 aliphatic carbocycles. The molecule has 3 aromatic carbocycles. The Bertz CT molecular complexity index is 2150. The summed E-state index contributed by atoms with van der Waals surface area (Å²) in [6, 6.07) is 26.9. The molecule has 0 saturated carbocycles. The number of hydrogen-bond acceptors (Lipinski definition) is 0. The molecule has 0 N–H and O–H groups in total. The molecular weight excluding hydrogens is 653 g/mol. The van der Waals surface area contributed by atoms with Crippen molar-refractivity contribution in [2.45, 2.75) is 119 Å². The highest BCUT2D eigenvalue weighted by molar-refractivity contribution is 5.82. The molecule has 0 radical (unpaired) electrons. The standard InChI is InChI=1S/C47H55N.C3H7F.FH/c1-31(2)38-28-39(32(3)4)30-40(29-38)48-25-24-42-45(48)27-34(6)26-43(46(42)37-17-13-12-14-18-37)36(8)22-20-33(5)21-23-41-35(7)16-15-19-44(41)47(9,10)11;1-3(2)4;/h12-19,21,23-25,27-32H,6-7,20,22,26H2,1-5,8-11H3;3H,1-2H3;1H/b33-21+,41-23+,43-36-;;. The highest BCUT2D eigenvalue weighted by Gasteiger charge is 2.19. The van der Waals surface area contributed by atoms with Crippen LogP contribution in [0.2, 0.25) is 0 Å². The third kappa shape index (κ3) is 11.0. The highest BCUT2D eigenvalue weighted by atomic mass is 19.1. The van der Waals surface area contributed by atoms with Gasteiger partial charge in [-0.2, -0.15) is 0 Å². The molecule has 53 heavy (non-hydrogen) atoms. The third-order valence-corrected chi connectivity index (χ3v) is 9.83. The van der Waals surface area contributed by atoms with Crippen LogP contribution in [0.4, 0.5) is 9.09 Å². The number of fused-ring (bicyclic) bond motifs is 1. The number of halogens is 2. The fourth-order valence-electron chi connectivity index (χ4n) is 6.82. The van der Waals surface area contributed by atoms with Crippen LogP contribution in [0, 0.1) is 0 Å².